The molecule has 25 heavy (non-hydrogen) atoms. The predicted octanol–water partition coefficient (Wildman–Crippen LogP) is 1.07. The van der Waals surface area contributed by atoms with Gasteiger partial charge in [-0.05, 0) is 20.3 Å². The molecular formula is C16H21N5O3S. The van der Waals surface area contributed by atoms with Gasteiger partial charge in [0.2, 0.25) is 5.91 Å². The molecule has 1 fully saturated rings. The standard InChI is InChI=1S/C16H21N5O3S/c1-9-15-12(13-7-17-20(3)10(13)2)6-14(22)18-16(15)21(19-9)11-4-5-25(23,24)8-11/h7,11-12H,4-6,8H2,1-3H3,(H,18,22)/t11-,12-/m1/s1. The number of anilines is 1. The van der Waals surface area contributed by atoms with Gasteiger partial charge >= 0.3 is 0 Å². The van der Waals surface area contributed by atoms with E-state index in [4.69, 9.17) is 0 Å². The van der Waals surface area contributed by atoms with E-state index in [2.05, 4.69) is 15.5 Å². The summed E-state index contributed by atoms with van der Waals surface area (Å²) in [5.41, 5.74) is 3.83. The predicted molar refractivity (Wildman–Crippen MR) is 92.3 cm³/mol. The van der Waals surface area contributed by atoms with Crippen LogP contribution in [0.2, 0.25) is 0 Å². The molecule has 2 aromatic heterocycles. The molecule has 9 heteroatoms. The van der Waals surface area contributed by atoms with Gasteiger partial charge < -0.3 is 5.32 Å². The van der Waals surface area contributed by atoms with Gasteiger partial charge in [0.25, 0.3) is 0 Å². The van der Waals surface area contributed by atoms with E-state index >= 15 is 0 Å². The second-order valence-corrected chi connectivity index (χ2v) is 9.19. The molecule has 0 unspecified atom stereocenters. The Balaban J connectivity index is 1.83. The zero-order chi connectivity index (χ0) is 17.9. The molecular weight excluding hydrogens is 342 g/mol. The summed E-state index contributed by atoms with van der Waals surface area (Å²) in [6.45, 7) is 3.90. The van der Waals surface area contributed by atoms with E-state index in [1.807, 2.05) is 20.9 Å². The first-order chi connectivity index (χ1) is 11.8. The Labute approximate surface area is 146 Å². The van der Waals surface area contributed by atoms with Crippen molar-refractivity contribution in [1.29, 1.82) is 0 Å². The Morgan fingerprint density at radius 2 is 2.08 bits per heavy atom. The molecule has 1 saturated heterocycles. The van der Waals surface area contributed by atoms with Gasteiger partial charge in [-0.15, -0.1) is 0 Å². The van der Waals surface area contributed by atoms with Crippen LogP contribution >= 0.6 is 0 Å². The molecule has 4 rings (SSSR count). The Morgan fingerprint density at radius 1 is 1.32 bits per heavy atom. The van der Waals surface area contributed by atoms with Crippen LogP contribution in [-0.4, -0.2) is 45.4 Å². The number of carbonyl (C=O) groups is 1. The third kappa shape index (κ3) is 2.57. The van der Waals surface area contributed by atoms with Crippen molar-refractivity contribution in [1.82, 2.24) is 19.6 Å². The van der Waals surface area contributed by atoms with Crippen molar-refractivity contribution < 1.29 is 13.2 Å². The molecule has 0 radical (unpaired) electrons. The van der Waals surface area contributed by atoms with E-state index in [1.54, 1.807) is 15.6 Å². The average Bonchev–Trinajstić information content (AvgIpc) is 3.16. The quantitative estimate of drug-likeness (QED) is 0.860. The van der Waals surface area contributed by atoms with Gasteiger partial charge in [0, 0.05) is 36.2 Å². The highest BCUT2D eigenvalue weighted by molar-refractivity contribution is 7.91. The SMILES string of the molecule is Cc1nn([C@@H]2CCS(=O)(=O)C2)c2c1[C@@H](c1cnn(C)c1C)CC(=O)N2. The average molecular weight is 363 g/mol. The first-order valence-corrected chi connectivity index (χ1v) is 10.2. The van der Waals surface area contributed by atoms with Crippen molar-refractivity contribution in [2.24, 2.45) is 7.05 Å². The fraction of sp³-hybridized carbons (Fsp3) is 0.562. The third-order valence-electron chi connectivity index (χ3n) is 5.33. The first kappa shape index (κ1) is 16.3. The summed E-state index contributed by atoms with van der Waals surface area (Å²) in [4.78, 5) is 12.3. The van der Waals surface area contributed by atoms with Crippen LogP contribution in [0.5, 0.6) is 0 Å². The highest BCUT2D eigenvalue weighted by Gasteiger charge is 2.38. The van der Waals surface area contributed by atoms with Crippen molar-refractivity contribution >= 4 is 21.6 Å². The molecule has 8 nitrogen and oxygen atoms in total. The highest BCUT2D eigenvalue weighted by atomic mass is 32.2. The maximum Gasteiger partial charge on any atom is 0.226 e. The lowest BCUT2D eigenvalue weighted by molar-refractivity contribution is -0.116. The van der Waals surface area contributed by atoms with E-state index < -0.39 is 9.84 Å². The van der Waals surface area contributed by atoms with Crippen LogP contribution in [-0.2, 0) is 21.7 Å². The van der Waals surface area contributed by atoms with Crippen LogP contribution in [0.1, 0.15) is 47.3 Å². The lowest BCUT2D eigenvalue weighted by Gasteiger charge is -2.25. The number of nitrogens with zero attached hydrogens (tertiary/aromatic N) is 4. The van der Waals surface area contributed by atoms with Crippen molar-refractivity contribution in [3.8, 4) is 0 Å². The Hall–Kier alpha value is -2.16. The Bertz CT molecular complexity index is 972. The fourth-order valence-corrected chi connectivity index (χ4v) is 5.62. The number of aromatic nitrogens is 4. The molecule has 0 spiro atoms. The molecule has 1 N–H and O–H groups in total. The van der Waals surface area contributed by atoms with Crippen molar-refractivity contribution in [2.45, 2.75) is 38.6 Å². The van der Waals surface area contributed by atoms with Crippen molar-refractivity contribution in [3.05, 3.63) is 28.7 Å². The Kier molecular flexibility index (Phi) is 3.54. The van der Waals surface area contributed by atoms with Gasteiger partial charge in [-0.2, -0.15) is 10.2 Å². The second kappa shape index (κ2) is 5.42. The van der Waals surface area contributed by atoms with Gasteiger partial charge in [0.1, 0.15) is 5.82 Å². The van der Waals surface area contributed by atoms with Crippen LogP contribution in [0.25, 0.3) is 0 Å². The summed E-state index contributed by atoms with van der Waals surface area (Å²) in [5, 5.41) is 11.8. The Morgan fingerprint density at radius 3 is 2.68 bits per heavy atom. The summed E-state index contributed by atoms with van der Waals surface area (Å²) in [5.74, 6) is 0.702. The summed E-state index contributed by atoms with van der Waals surface area (Å²) < 4.78 is 27.2. The number of aryl methyl sites for hydroxylation is 2. The third-order valence-corrected chi connectivity index (χ3v) is 7.08. The molecule has 2 atom stereocenters. The summed E-state index contributed by atoms with van der Waals surface area (Å²) in [7, 11) is -1.15. The minimum Gasteiger partial charge on any atom is -0.311 e. The molecule has 1 amide bonds. The molecule has 2 aliphatic rings. The number of amides is 1. The van der Waals surface area contributed by atoms with Gasteiger partial charge in [-0.25, -0.2) is 13.1 Å². The van der Waals surface area contributed by atoms with E-state index in [9.17, 15) is 13.2 Å². The molecule has 0 aromatic carbocycles. The summed E-state index contributed by atoms with van der Waals surface area (Å²) >= 11 is 0. The number of nitrogens with one attached hydrogen (secondary N) is 1. The molecule has 2 aromatic rings. The minimum absolute atomic E-state index is 0.0764. The molecule has 0 bridgehead atoms. The summed E-state index contributed by atoms with van der Waals surface area (Å²) in [6, 6.07) is -0.221. The number of fused-ring (bicyclic) bond motifs is 1. The molecule has 4 heterocycles. The van der Waals surface area contributed by atoms with Crippen molar-refractivity contribution in [2.75, 3.05) is 16.8 Å². The lowest BCUT2D eigenvalue weighted by Crippen LogP contribution is -2.26. The number of sulfone groups is 1. The van der Waals surface area contributed by atoms with Crippen LogP contribution in [0.15, 0.2) is 6.20 Å². The number of carbonyl (C=O) groups excluding carboxylic acids is 1. The van der Waals surface area contributed by atoms with Gasteiger partial charge in [-0.1, -0.05) is 0 Å². The number of hydrogen-bond acceptors (Lipinski definition) is 5. The largest absolute Gasteiger partial charge is 0.311 e. The summed E-state index contributed by atoms with van der Waals surface area (Å²) in [6.07, 6.45) is 2.68. The highest BCUT2D eigenvalue weighted by Crippen LogP contribution is 2.42. The van der Waals surface area contributed by atoms with Crippen LogP contribution in [0.3, 0.4) is 0 Å². The van der Waals surface area contributed by atoms with E-state index in [0.29, 0.717) is 18.7 Å². The molecule has 0 saturated carbocycles. The topological polar surface area (TPSA) is 98.9 Å². The zero-order valence-corrected chi connectivity index (χ0v) is 15.3. The molecule has 0 aliphatic carbocycles. The van der Waals surface area contributed by atoms with E-state index in [0.717, 1.165) is 22.5 Å². The van der Waals surface area contributed by atoms with Crippen LogP contribution in [0.4, 0.5) is 5.82 Å². The second-order valence-electron chi connectivity index (χ2n) is 6.96. The van der Waals surface area contributed by atoms with Gasteiger partial charge in [0.15, 0.2) is 9.84 Å². The zero-order valence-electron chi connectivity index (χ0n) is 14.5. The normalized spacial score (nSPS) is 25.0. The minimum atomic E-state index is -3.03. The van der Waals surface area contributed by atoms with Crippen molar-refractivity contribution in [3.63, 3.8) is 0 Å². The number of hydrogen-bond donors (Lipinski definition) is 1. The fourth-order valence-electron chi connectivity index (χ4n) is 3.93. The number of rotatable bonds is 2. The smallest absolute Gasteiger partial charge is 0.226 e. The lowest BCUT2D eigenvalue weighted by atomic mass is 9.86. The monoisotopic (exact) mass is 363 g/mol. The molecule has 2 aliphatic heterocycles. The van der Waals surface area contributed by atoms with Gasteiger partial charge in [0.05, 0.1) is 29.4 Å². The molecule has 134 valence electrons. The maximum atomic E-state index is 12.3. The van der Waals surface area contributed by atoms with E-state index in [-0.39, 0.29) is 29.4 Å². The maximum absolute atomic E-state index is 12.3. The van der Waals surface area contributed by atoms with Crippen LogP contribution in [0, 0.1) is 13.8 Å². The first-order valence-electron chi connectivity index (χ1n) is 8.34. The van der Waals surface area contributed by atoms with Gasteiger partial charge in [-0.3, -0.25) is 9.48 Å². The van der Waals surface area contributed by atoms with Crippen LogP contribution < -0.4 is 5.32 Å². The van der Waals surface area contributed by atoms with E-state index in [1.165, 1.54) is 0 Å².